The number of piperidine rings is 1. The minimum Gasteiger partial charge on any atom is -0.338 e. The fraction of sp³-hybridized carbons (Fsp3) is 0.333. The zero-order chi connectivity index (χ0) is 12.4. The summed E-state index contributed by atoms with van der Waals surface area (Å²) in [6.07, 6.45) is 0.965. The summed E-state index contributed by atoms with van der Waals surface area (Å²) >= 11 is 5.53. The first kappa shape index (κ1) is 13.0. The maximum absolute atomic E-state index is 12.3. The van der Waals surface area contributed by atoms with Gasteiger partial charge in [-0.1, -0.05) is 15.9 Å². The van der Waals surface area contributed by atoms with E-state index in [-0.39, 0.29) is 11.7 Å². The number of carbonyl (C=O) groups is 2. The van der Waals surface area contributed by atoms with Crippen LogP contribution < -0.4 is 0 Å². The lowest BCUT2D eigenvalue weighted by Gasteiger charge is -2.26. The standard InChI is InChI=1S/C12H11BrINO2/c13-8-1-2-11(14)10(7-8)12(17)15-5-3-9(16)4-6-15/h1-2,7H,3-6H2. The molecule has 0 aliphatic carbocycles. The second kappa shape index (κ2) is 5.48. The summed E-state index contributed by atoms with van der Waals surface area (Å²) in [5.41, 5.74) is 0.703. The average molecular weight is 408 g/mol. The van der Waals surface area contributed by atoms with Crippen LogP contribution in [0.3, 0.4) is 0 Å². The van der Waals surface area contributed by atoms with Gasteiger partial charge in [0.25, 0.3) is 5.91 Å². The Morgan fingerprint density at radius 3 is 2.59 bits per heavy atom. The maximum Gasteiger partial charge on any atom is 0.254 e. The fourth-order valence-electron chi connectivity index (χ4n) is 1.79. The van der Waals surface area contributed by atoms with E-state index in [4.69, 9.17) is 0 Å². The van der Waals surface area contributed by atoms with E-state index in [9.17, 15) is 9.59 Å². The van der Waals surface area contributed by atoms with Gasteiger partial charge in [-0.3, -0.25) is 9.59 Å². The molecule has 0 radical (unpaired) electrons. The van der Waals surface area contributed by atoms with Crippen LogP contribution in [0.4, 0.5) is 0 Å². The van der Waals surface area contributed by atoms with E-state index in [0.29, 0.717) is 31.5 Å². The lowest BCUT2D eigenvalue weighted by atomic mass is 10.1. The van der Waals surface area contributed by atoms with Crippen molar-refractivity contribution < 1.29 is 9.59 Å². The van der Waals surface area contributed by atoms with Crippen LogP contribution in [0.2, 0.25) is 0 Å². The zero-order valence-electron chi connectivity index (χ0n) is 9.08. The van der Waals surface area contributed by atoms with Gasteiger partial charge < -0.3 is 4.90 Å². The van der Waals surface area contributed by atoms with Gasteiger partial charge in [0.15, 0.2) is 0 Å². The summed E-state index contributed by atoms with van der Waals surface area (Å²) in [6, 6.07) is 5.66. The minimum atomic E-state index is 0.0169. The molecule has 0 saturated carbocycles. The summed E-state index contributed by atoms with van der Waals surface area (Å²) in [5.74, 6) is 0.265. The van der Waals surface area contributed by atoms with Crippen LogP contribution in [0.15, 0.2) is 22.7 Å². The molecule has 1 aromatic rings. The molecule has 1 fully saturated rings. The highest BCUT2D eigenvalue weighted by atomic mass is 127. The van der Waals surface area contributed by atoms with Gasteiger partial charge in [0.05, 0.1) is 5.56 Å². The lowest BCUT2D eigenvalue weighted by molar-refractivity contribution is -0.120. The number of hydrogen-bond acceptors (Lipinski definition) is 2. The number of likely N-dealkylation sites (tertiary alicyclic amines) is 1. The second-order valence-corrected chi connectivity index (χ2v) is 6.03. The summed E-state index contributed by atoms with van der Waals surface area (Å²) in [4.78, 5) is 25.2. The molecule has 0 N–H and O–H groups in total. The van der Waals surface area contributed by atoms with Gasteiger partial charge in [0, 0.05) is 34.0 Å². The predicted octanol–water partition coefficient (Wildman–Crippen LogP) is 2.86. The quantitative estimate of drug-likeness (QED) is 0.671. The molecular weight excluding hydrogens is 397 g/mol. The minimum absolute atomic E-state index is 0.0169. The van der Waals surface area contributed by atoms with Crippen molar-refractivity contribution >= 4 is 50.2 Å². The third-order valence-electron chi connectivity index (χ3n) is 2.77. The Kier molecular flexibility index (Phi) is 4.19. The molecule has 0 atom stereocenters. The van der Waals surface area contributed by atoms with E-state index < -0.39 is 0 Å². The zero-order valence-corrected chi connectivity index (χ0v) is 12.8. The molecule has 0 bridgehead atoms. The molecule has 1 aromatic carbocycles. The molecule has 0 spiro atoms. The molecule has 1 amide bonds. The van der Waals surface area contributed by atoms with E-state index in [2.05, 4.69) is 38.5 Å². The summed E-state index contributed by atoms with van der Waals surface area (Å²) < 4.78 is 1.84. The molecule has 0 aromatic heterocycles. The third kappa shape index (κ3) is 3.07. The molecule has 1 aliphatic heterocycles. The Morgan fingerprint density at radius 1 is 1.29 bits per heavy atom. The molecule has 3 nitrogen and oxygen atoms in total. The number of amides is 1. The number of rotatable bonds is 1. The van der Waals surface area contributed by atoms with Crippen molar-refractivity contribution in [2.75, 3.05) is 13.1 Å². The van der Waals surface area contributed by atoms with Crippen LogP contribution in [0.25, 0.3) is 0 Å². The van der Waals surface area contributed by atoms with Crippen LogP contribution in [-0.4, -0.2) is 29.7 Å². The predicted molar refractivity (Wildman–Crippen MR) is 77.0 cm³/mol. The van der Waals surface area contributed by atoms with Crippen molar-refractivity contribution in [1.82, 2.24) is 4.90 Å². The fourth-order valence-corrected chi connectivity index (χ4v) is 2.72. The van der Waals surface area contributed by atoms with Gasteiger partial charge in [0.1, 0.15) is 5.78 Å². The molecule has 90 valence electrons. The Labute approximate surface area is 122 Å². The van der Waals surface area contributed by atoms with Gasteiger partial charge in [-0.25, -0.2) is 0 Å². The molecule has 5 heteroatoms. The number of ketones is 1. The Balaban J connectivity index is 2.19. The van der Waals surface area contributed by atoms with Crippen LogP contribution >= 0.6 is 38.5 Å². The first-order valence-corrected chi connectivity index (χ1v) is 7.21. The van der Waals surface area contributed by atoms with Gasteiger partial charge in [-0.05, 0) is 40.8 Å². The second-order valence-electron chi connectivity index (χ2n) is 3.96. The van der Waals surface area contributed by atoms with E-state index in [1.807, 2.05) is 18.2 Å². The molecule has 0 unspecified atom stereocenters. The van der Waals surface area contributed by atoms with Crippen LogP contribution in [-0.2, 0) is 4.79 Å². The molecular formula is C12H11BrINO2. The Hall–Kier alpha value is -0.430. The Bertz CT molecular complexity index is 466. The highest BCUT2D eigenvalue weighted by molar-refractivity contribution is 14.1. The number of Topliss-reactive ketones (excluding diaryl/α,β-unsaturated/α-hetero) is 1. The first-order valence-electron chi connectivity index (χ1n) is 5.34. The van der Waals surface area contributed by atoms with Gasteiger partial charge in [-0.15, -0.1) is 0 Å². The van der Waals surface area contributed by atoms with Gasteiger partial charge in [0.2, 0.25) is 0 Å². The van der Waals surface area contributed by atoms with Crippen LogP contribution in [0.5, 0.6) is 0 Å². The van der Waals surface area contributed by atoms with E-state index in [0.717, 1.165) is 8.04 Å². The average Bonchev–Trinajstić information content (AvgIpc) is 2.32. The smallest absolute Gasteiger partial charge is 0.254 e. The number of halogens is 2. The lowest BCUT2D eigenvalue weighted by Crippen LogP contribution is -2.38. The molecule has 1 heterocycles. The van der Waals surface area contributed by atoms with Crippen molar-refractivity contribution in [3.8, 4) is 0 Å². The summed E-state index contributed by atoms with van der Waals surface area (Å²) in [6.45, 7) is 1.08. The molecule has 17 heavy (non-hydrogen) atoms. The van der Waals surface area contributed by atoms with Crippen LogP contribution in [0, 0.1) is 3.57 Å². The van der Waals surface area contributed by atoms with Crippen molar-refractivity contribution in [2.45, 2.75) is 12.8 Å². The van der Waals surface area contributed by atoms with E-state index >= 15 is 0 Å². The van der Waals surface area contributed by atoms with E-state index in [1.54, 1.807) is 4.90 Å². The van der Waals surface area contributed by atoms with Crippen LogP contribution in [0.1, 0.15) is 23.2 Å². The van der Waals surface area contributed by atoms with Crippen molar-refractivity contribution in [1.29, 1.82) is 0 Å². The topological polar surface area (TPSA) is 37.4 Å². The number of benzene rings is 1. The molecule has 1 aliphatic rings. The number of hydrogen-bond donors (Lipinski definition) is 0. The largest absolute Gasteiger partial charge is 0.338 e. The summed E-state index contributed by atoms with van der Waals surface area (Å²) in [7, 11) is 0. The third-order valence-corrected chi connectivity index (χ3v) is 4.20. The van der Waals surface area contributed by atoms with Crippen molar-refractivity contribution in [3.05, 3.63) is 31.8 Å². The first-order chi connectivity index (χ1) is 8.08. The SMILES string of the molecule is O=C1CCN(C(=O)c2cc(Br)ccc2I)CC1. The molecule has 1 saturated heterocycles. The van der Waals surface area contributed by atoms with E-state index in [1.165, 1.54) is 0 Å². The molecule has 2 rings (SSSR count). The maximum atomic E-state index is 12.3. The van der Waals surface area contributed by atoms with Crippen molar-refractivity contribution in [2.24, 2.45) is 0 Å². The van der Waals surface area contributed by atoms with Crippen molar-refractivity contribution in [3.63, 3.8) is 0 Å². The number of carbonyl (C=O) groups excluding carboxylic acids is 2. The normalized spacial score (nSPS) is 16.1. The monoisotopic (exact) mass is 407 g/mol. The highest BCUT2D eigenvalue weighted by Gasteiger charge is 2.23. The number of nitrogens with zero attached hydrogens (tertiary/aromatic N) is 1. The van der Waals surface area contributed by atoms with Gasteiger partial charge >= 0.3 is 0 Å². The highest BCUT2D eigenvalue weighted by Crippen LogP contribution is 2.21. The van der Waals surface area contributed by atoms with Gasteiger partial charge in [-0.2, -0.15) is 0 Å². The summed E-state index contributed by atoms with van der Waals surface area (Å²) in [5, 5.41) is 0. The Morgan fingerprint density at radius 2 is 1.94 bits per heavy atom.